The molecule has 0 radical (unpaired) electrons. The molecule has 0 unspecified atom stereocenters. The predicted molar refractivity (Wildman–Crippen MR) is 125 cm³/mol. The van der Waals surface area contributed by atoms with Crippen LogP contribution in [0.25, 0.3) is 16.6 Å². The van der Waals surface area contributed by atoms with Crippen molar-refractivity contribution in [2.45, 2.75) is 20.0 Å². The molecule has 2 aromatic carbocycles. The topological polar surface area (TPSA) is 103 Å². The largest absolute Gasteiger partial charge is 0.350 e. The third kappa shape index (κ3) is 4.61. The van der Waals surface area contributed by atoms with Gasteiger partial charge in [0.2, 0.25) is 5.91 Å². The first-order valence-corrected chi connectivity index (χ1v) is 10.4. The Labute approximate surface area is 193 Å². The van der Waals surface area contributed by atoms with Crippen LogP contribution in [0.4, 0.5) is 0 Å². The lowest BCUT2D eigenvalue weighted by molar-refractivity contribution is -0.121. The van der Waals surface area contributed by atoms with Crippen LogP contribution < -0.4 is 16.6 Å². The van der Waals surface area contributed by atoms with Crippen molar-refractivity contribution < 1.29 is 9.59 Å². The number of ketones is 1. The zero-order chi connectivity index (χ0) is 23.5. The third-order valence-electron chi connectivity index (χ3n) is 5.13. The number of nitrogens with one attached hydrogen (secondary N) is 1. The number of hydrogen-bond acceptors (Lipinski definition) is 5. The second kappa shape index (κ2) is 9.22. The summed E-state index contributed by atoms with van der Waals surface area (Å²) in [7, 11) is 0. The summed E-state index contributed by atoms with van der Waals surface area (Å²) in [5, 5.41) is 3.28. The second-order valence-electron chi connectivity index (χ2n) is 7.42. The number of Topliss-reactive ketones (excluding diaryl/α,β-unsaturated/α-hetero) is 1. The van der Waals surface area contributed by atoms with Gasteiger partial charge in [-0.25, -0.2) is 9.36 Å². The SMILES string of the molecule is CC(=O)c1cccc(-n2c(=O)c3ccc(Cl)cc3n(CC(=O)NCc3cccnc3)c2=O)c1. The van der Waals surface area contributed by atoms with Gasteiger partial charge in [-0.05, 0) is 48.9 Å². The maximum absolute atomic E-state index is 13.4. The van der Waals surface area contributed by atoms with E-state index in [2.05, 4.69) is 10.3 Å². The maximum atomic E-state index is 13.4. The molecule has 0 atom stereocenters. The highest BCUT2D eigenvalue weighted by Crippen LogP contribution is 2.17. The number of carbonyl (C=O) groups excluding carboxylic acids is 2. The summed E-state index contributed by atoms with van der Waals surface area (Å²) >= 11 is 6.12. The number of amides is 1. The molecule has 2 aromatic heterocycles. The fourth-order valence-electron chi connectivity index (χ4n) is 3.49. The van der Waals surface area contributed by atoms with Crippen LogP contribution in [0.3, 0.4) is 0 Å². The van der Waals surface area contributed by atoms with Crippen molar-refractivity contribution in [1.29, 1.82) is 0 Å². The first-order chi connectivity index (χ1) is 15.8. The first-order valence-electron chi connectivity index (χ1n) is 10.1. The molecular weight excluding hydrogens is 444 g/mol. The van der Waals surface area contributed by atoms with E-state index in [4.69, 9.17) is 11.6 Å². The molecule has 166 valence electrons. The fraction of sp³-hybridized carbons (Fsp3) is 0.125. The van der Waals surface area contributed by atoms with Crippen molar-refractivity contribution >= 4 is 34.2 Å². The number of hydrogen-bond donors (Lipinski definition) is 1. The molecule has 0 aliphatic carbocycles. The van der Waals surface area contributed by atoms with Gasteiger partial charge in [-0.1, -0.05) is 29.8 Å². The standard InChI is InChI=1S/C24H19ClN4O4/c1-15(30)17-5-2-6-19(10-17)29-23(32)20-8-7-18(25)11-21(20)28(24(29)33)14-22(31)27-13-16-4-3-9-26-12-16/h2-12H,13-14H2,1H3,(H,27,31). The molecule has 0 fully saturated rings. The van der Waals surface area contributed by atoms with Crippen LogP contribution in [0.1, 0.15) is 22.8 Å². The van der Waals surface area contributed by atoms with E-state index >= 15 is 0 Å². The van der Waals surface area contributed by atoms with Crippen molar-refractivity contribution in [3.05, 3.63) is 104 Å². The van der Waals surface area contributed by atoms with Crippen molar-refractivity contribution in [2.75, 3.05) is 0 Å². The normalized spacial score (nSPS) is 10.8. The fourth-order valence-corrected chi connectivity index (χ4v) is 3.65. The Hall–Kier alpha value is -4.04. The molecular formula is C24H19ClN4O4. The highest BCUT2D eigenvalue weighted by atomic mass is 35.5. The van der Waals surface area contributed by atoms with Gasteiger partial charge in [-0.3, -0.25) is 23.9 Å². The van der Waals surface area contributed by atoms with Gasteiger partial charge < -0.3 is 5.32 Å². The van der Waals surface area contributed by atoms with E-state index in [9.17, 15) is 19.2 Å². The molecule has 4 aromatic rings. The molecule has 0 bridgehead atoms. The summed E-state index contributed by atoms with van der Waals surface area (Å²) in [5.41, 5.74) is 0.353. The smallest absolute Gasteiger partial charge is 0.336 e. The van der Waals surface area contributed by atoms with E-state index in [0.717, 1.165) is 10.1 Å². The van der Waals surface area contributed by atoms with E-state index in [1.165, 1.54) is 29.7 Å². The Morgan fingerprint density at radius 1 is 1.06 bits per heavy atom. The predicted octanol–water partition coefficient (Wildman–Crippen LogP) is 2.72. The lowest BCUT2D eigenvalue weighted by Gasteiger charge is -2.15. The van der Waals surface area contributed by atoms with Crippen molar-refractivity contribution in [3.8, 4) is 5.69 Å². The molecule has 33 heavy (non-hydrogen) atoms. The van der Waals surface area contributed by atoms with Crippen LogP contribution in [-0.4, -0.2) is 25.8 Å². The second-order valence-corrected chi connectivity index (χ2v) is 7.85. The molecule has 9 heteroatoms. The van der Waals surface area contributed by atoms with E-state index in [1.807, 2.05) is 6.07 Å². The highest BCUT2D eigenvalue weighted by Gasteiger charge is 2.17. The number of benzene rings is 2. The van der Waals surface area contributed by atoms with Crippen LogP contribution in [0, 0.1) is 0 Å². The number of pyridine rings is 1. The van der Waals surface area contributed by atoms with Crippen molar-refractivity contribution in [3.63, 3.8) is 0 Å². The minimum atomic E-state index is -0.716. The Balaban J connectivity index is 1.81. The van der Waals surface area contributed by atoms with Gasteiger partial charge >= 0.3 is 5.69 Å². The van der Waals surface area contributed by atoms with E-state index in [0.29, 0.717) is 10.6 Å². The van der Waals surface area contributed by atoms with E-state index < -0.39 is 17.2 Å². The molecule has 1 amide bonds. The Bertz CT molecular complexity index is 1490. The Kier molecular flexibility index (Phi) is 6.19. The lowest BCUT2D eigenvalue weighted by Crippen LogP contribution is -2.41. The number of nitrogens with zero attached hydrogens (tertiary/aromatic N) is 3. The molecule has 1 N–H and O–H groups in total. The van der Waals surface area contributed by atoms with Crippen LogP contribution in [-0.2, 0) is 17.9 Å². The van der Waals surface area contributed by atoms with Crippen molar-refractivity contribution in [2.24, 2.45) is 0 Å². The summed E-state index contributed by atoms with van der Waals surface area (Å²) in [6.45, 7) is 1.30. The van der Waals surface area contributed by atoms with Gasteiger partial charge in [-0.15, -0.1) is 0 Å². The van der Waals surface area contributed by atoms with Crippen LogP contribution in [0.2, 0.25) is 5.02 Å². The molecule has 0 saturated carbocycles. The third-order valence-corrected chi connectivity index (χ3v) is 5.37. The van der Waals surface area contributed by atoms with Crippen LogP contribution in [0.5, 0.6) is 0 Å². The molecule has 2 heterocycles. The van der Waals surface area contributed by atoms with Gasteiger partial charge in [-0.2, -0.15) is 0 Å². The van der Waals surface area contributed by atoms with Gasteiger partial charge in [0.15, 0.2) is 5.78 Å². The number of aromatic nitrogens is 3. The molecule has 4 rings (SSSR count). The monoisotopic (exact) mass is 462 g/mol. The summed E-state index contributed by atoms with van der Waals surface area (Å²) in [6.07, 6.45) is 3.26. The van der Waals surface area contributed by atoms with E-state index in [1.54, 1.807) is 42.7 Å². The average Bonchev–Trinajstić information content (AvgIpc) is 2.81. The minimum absolute atomic E-state index is 0.201. The molecule has 0 aliphatic rings. The lowest BCUT2D eigenvalue weighted by atomic mass is 10.1. The number of rotatable bonds is 6. The van der Waals surface area contributed by atoms with Crippen LogP contribution >= 0.6 is 11.6 Å². The minimum Gasteiger partial charge on any atom is -0.350 e. The number of fused-ring (bicyclic) bond motifs is 1. The average molecular weight is 463 g/mol. The first kappa shape index (κ1) is 22.2. The van der Waals surface area contributed by atoms with Crippen LogP contribution in [0.15, 0.2) is 76.6 Å². The molecule has 0 aliphatic heterocycles. The zero-order valence-electron chi connectivity index (χ0n) is 17.6. The van der Waals surface area contributed by atoms with Crippen molar-refractivity contribution in [1.82, 2.24) is 19.4 Å². The summed E-state index contributed by atoms with van der Waals surface area (Å²) in [4.78, 5) is 55.1. The summed E-state index contributed by atoms with van der Waals surface area (Å²) in [6, 6.07) is 14.3. The van der Waals surface area contributed by atoms with Gasteiger partial charge in [0.1, 0.15) is 6.54 Å². The molecule has 0 spiro atoms. The number of carbonyl (C=O) groups is 2. The summed E-state index contributed by atoms with van der Waals surface area (Å²) < 4.78 is 2.15. The zero-order valence-corrected chi connectivity index (χ0v) is 18.4. The molecule has 0 saturated heterocycles. The quantitative estimate of drug-likeness (QED) is 0.444. The summed E-state index contributed by atoms with van der Waals surface area (Å²) in [5.74, 6) is -0.627. The molecule has 8 nitrogen and oxygen atoms in total. The maximum Gasteiger partial charge on any atom is 0.336 e. The highest BCUT2D eigenvalue weighted by molar-refractivity contribution is 6.31. The Morgan fingerprint density at radius 3 is 2.61 bits per heavy atom. The number of halogens is 1. The van der Waals surface area contributed by atoms with Gasteiger partial charge in [0, 0.05) is 29.5 Å². The van der Waals surface area contributed by atoms with Gasteiger partial charge in [0.05, 0.1) is 16.6 Å². The Morgan fingerprint density at radius 2 is 1.88 bits per heavy atom. The van der Waals surface area contributed by atoms with E-state index in [-0.39, 0.29) is 35.5 Å². The van der Waals surface area contributed by atoms with Gasteiger partial charge in [0.25, 0.3) is 5.56 Å².